The van der Waals surface area contributed by atoms with Crippen molar-refractivity contribution in [3.63, 3.8) is 0 Å². The predicted octanol–water partition coefficient (Wildman–Crippen LogP) is 5.22. The van der Waals surface area contributed by atoms with Gasteiger partial charge in [-0.2, -0.15) is 0 Å². The van der Waals surface area contributed by atoms with Gasteiger partial charge in [-0.3, -0.25) is 13.9 Å². The molecule has 2 amide bonds. The number of sulfonamides is 1. The Labute approximate surface area is 250 Å². The van der Waals surface area contributed by atoms with Crippen molar-refractivity contribution in [3.05, 3.63) is 88.0 Å². The minimum absolute atomic E-state index is 0.0683. The van der Waals surface area contributed by atoms with E-state index in [9.17, 15) is 18.0 Å². The summed E-state index contributed by atoms with van der Waals surface area (Å²) in [6, 6.07) is 21.3. The number of hydrogen-bond donors (Lipinski definition) is 1. The van der Waals surface area contributed by atoms with E-state index in [2.05, 4.69) is 27.9 Å². The average molecular weight is 678 g/mol. The number of amides is 2. The second-order valence-electron chi connectivity index (χ2n) is 9.41. The Morgan fingerprint density at radius 2 is 1.55 bits per heavy atom. The van der Waals surface area contributed by atoms with Crippen LogP contribution < -0.4 is 14.4 Å². The lowest BCUT2D eigenvalue weighted by Gasteiger charge is -2.33. The minimum Gasteiger partial charge on any atom is -0.497 e. The zero-order chi connectivity index (χ0) is 29.3. The molecule has 2 atom stereocenters. The number of rotatable bonds is 13. The van der Waals surface area contributed by atoms with Crippen molar-refractivity contribution in [1.29, 1.82) is 0 Å². The normalized spacial score (nSPS) is 12.7. The van der Waals surface area contributed by atoms with Crippen LogP contribution >= 0.6 is 22.6 Å². The second-order valence-corrected chi connectivity index (χ2v) is 12.5. The first-order valence-corrected chi connectivity index (χ1v) is 15.7. The van der Waals surface area contributed by atoms with Crippen molar-refractivity contribution < 1.29 is 22.7 Å². The number of nitrogens with zero attached hydrogens (tertiary/aromatic N) is 2. The summed E-state index contributed by atoms with van der Waals surface area (Å²) in [7, 11) is -2.51. The van der Waals surface area contributed by atoms with Gasteiger partial charge in [-0.05, 0) is 96.5 Å². The summed E-state index contributed by atoms with van der Waals surface area (Å²) >= 11 is 2.14. The van der Waals surface area contributed by atoms with Crippen LogP contribution in [0.25, 0.3) is 0 Å². The van der Waals surface area contributed by atoms with E-state index < -0.39 is 28.5 Å². The summed E-state index contributed by atoms with van der Waals surface area (Å²) in [5.41, 5.74) is 1.15. The Bertz CT molecular complexity index is 1370. The van der Waals surface area contributed by atoms with E-state index in [1.54, 1.807) is 61.7 Å². The zero-order valence-corrected chi connectivity index (χ0v) is 26.2. The fourth-order valence-electron chi connectivity index (χ4n) is 4.14. The number of halogens is 1. The summed E-state index contributed by atoms with van der Waals surface area (Å²) in [6.07, 6.45) is 1.10. The molecule has 0 saturated carbocycles. The van der Waals surface area contributed by atoms with Crippen LogP contribution in [0.3, 0.4) is 0 Å². The number of carbonyl (C=O) groups excluding carboxylic acids is 2. The first-order chi connectivity index (χ1) is 19.1. The quantitative estimate of drug-likeness (QED) is 0.251. The highest BCUT2D eigenvalue weighted by Crippen LogP contribution is 2.26. The standard InChI is InChI=1S/C30H36IN3O5S/c1-5-22(3)32-30(36)28(6-2)33(20-23-12-18-26(39-4)19-13-23)29(35)21-34(25-16-14-24(31)15-17-25)40(37,38)27-10-8-7-9-11-27/h7-19,22,28H,5-6,20-21H2,1-4H3,(H,32,36)/t22-,28-/m1/s1. The van der Waals surface area contributed by atoms with Gasteiger partial charge in [0.2, 0.25) is 11.8 Å². The zero-order valence-electron chi connectivity index (χ0n) is 23.2. The molecular weight excluding hydrogens is 641 g/mol. The van der Waals surface area contributed by atoms with Crippen LogP contribution in [0.4, 0.5) is 5.69 Å². The maximum atomic E-state index is 14.1. The number of nitrogens with one attached hydrogen (secondary N) is 1. The van der Waals surface area contributed by atoms with Gasteiger partial charge >= 0.3 is 0 Å². The second kappa shape index (κ2) is 14.5. The Kier molecular flexibility index (Phi) is 11.4. The van der Waals surface area contributed by atoms with Crippen LogP contribution in [0.5, 0.6) is 5.75 Å². The number of methoxy groups -OCH3 is 1. The molecule has 0 bridgehead atoms. The third-order valence-corrected chi connectivity index (χ3v) is 9.13. The number of ether oxygens (including phenoxy) is 1. The molecule has 3 rings (SSSR count). The molecule has 8 nitrogen and oxygen atoms in total. The molecule has 0 aliphatic carbocycles. The van der Waals surface area contributed by atoms with Gasteiger partial charge in [-0.1, -0.05) is 44.2 Å². The van der Waals surface area contributed by atoms with Gasteiger partial charge in [0.15, 0.2) is 0 Å². The Balaban J connectivity index is 2.03. The minimum atomic E-state index is -4.09. The van der Waals surface area contributed by atoms with Crippen LogP contribution in [0, 0.1) is 3.57 Å². The van der Waals surface area contributed by atoms with Crippen molar-refractivity contribution in [2.24, 2.45) is 0 Å². The molecule has 0 unspecified atom stereocenters. The molecule has 0 aromatic heterocycles. The third-order valence-electron chi connectivity index (χ3n) is 6.62. The third kappa shape index (κ3) is 7.97. The van der Waals surface area contributed by atoms with Crippen LogP contribution in [-0.2, 0) is 26.2 Å². The maximum absolute atomic E-state index is 14.1. The van der Waals surface area contributed by atoms with Gasteiger partial charge in [-0.15, -0.1) is 0 Å². The largest absolute Gasteiger partial charge is 0.497 e. The number of benzene rings is 3. The maximum Gasteiger partial charge on any atom is 0.264 e. The van der Waals surface area contributed by atoms with Crippen molar-refractivity contribution in [2.45, 2.75) is 57.1 Å². The van der Waals surface area contributed by atoms with Gasteiger partial charge in [0.05, 0.1) is 17.7 Å². The molecular formula is C30H36IN3O5S. The topological polar surface area (TPSA) is 96.0 Å². The molecule has 1 N–H and O–H groups in total. The Morgan fingerprint density at radius 1 is 0.925 bits per heavy atom. The van der Waals surface area contributed by atoms with Gasteiger partial charge < -0.3 is 15.0 Å². The molecule has 0 heterocycles. The number of hydrogen-bond acceptors (Lipinski definition) is 5. The van der Waals surface area contributed by atoms with E-state index in [1.807, 2.05) is 32.9 Å². The van der Waals surface area contributed by atoms with Crippen LogP contribution in [0.2, 0.25) is 0 Å². The molecule has 10 heteroatoms. The van der Waals surface area contributed by atoms with E-state index in [-0.39, 0.29) is 23.4 Å². The lowest BCUT2D eigenvalue weighted by atomic mass is 10.1. The highest BCUT2D eigenvalue weighted by atomic mass is 127. The fourth-order valence-corrected chi connectivity index (χ4v) is 5.94. The molecule has 3 aromatic rings. The van der Waals surface area contributed by atoms with Crippen molar-refractivity contribution in [1.82, 2.24) is 10.2 Å². The highest BCUT2D eigenvalue weighted by molar-refractivity contribution is 14.1. The lowest BCUT2D eigenvalue weighted by Crippen LogP contribution is -2.53. The van der Waals surface area contributed by atoms with Crippen LogP contribution in [0.1, 0.15) is 39.2 Å². The number of carbonyl (C=O) groups is 2. The van der Waals surface area contributed by atoms with Gasteiger partial charge in [-0.25, -0.2) is 8.42 Å². The summed E-state index contributed by atoms with van der Waals surface area (Å²) in [5.74, 6) is -0.0903. The lowest BCUT2D eigenvalue weighted by molar-refractivity contribution is -0.140. The first-order valence-electron chi connectivity index (χ1n) is 13.2. The predicted molar refractivity (Wildman–Crippen MR) is 166 cm³/mol. The average Bonchev–Trinajstić information content (AvgIpc) is 2.96. The summed E-state index contributed by atoms with van der Waals surface area (Å²) in [4.78, 5) is 29.0. The Hall–Kier alpha value is -3.12. The first kappa shape index (κ1) is 31.4. The van der Waals surface area contributed by atoms with Crippen LogP contribution in [0.15, 0.2) is 83.8 Å². The van der Waals surface area contributed by atoms with Gasteiger partial charge in [0, 0.05) is 16.2 Å². The van der Waals surface area contributed by atoms with Crippen molar-refractivity contribution >= 4 is 50.1 Å². The SMILES string of the molecule is CC[C@@H](C)NC(=O)[C@@H](CC)N(Cc1ccc(OC)cc1)C(=O)CN(c1ccc(I)cc1)S(=O)(=O)c1ccccc1. The molecule has 0 fully saturated rings. The van der Waals surface area contributed by atoms with E-state index in [4.69, 9.17) is 4.74 Å². The molecule has 0 aliphatic heterocycles. The highest BCUT2D eigenvalue weighted by Gasteiger charge is 2.34. The van der Waals surface area contributed by atoms with Gasteiger partial charge in [0.25, 0.3) is 10.0 Å². The van der Waals surface area contributed by atoms with E-state index in [1.165, 1.54) is 17.0 Å². The molecule has 0 saturated heterocycles. The summed E-state index contributed by atoms with van der Waals surface area (Å²) in [6.45, 7) is 5.37. The molecule has 0 spiro atoms. The van der Waals surface area contributed by atoms with Crippen molar-refractivity contribution in [3.8, 4) is 5.75 Å². The van der Waals surface area contributed by atoms with E-state index in [0.29, 0.717) is 17.9 Å². The van der Waals surface area contributed by atoms with Crippen LogP contribution in [-0.4, -0.2) is 50.9 Å². The van der Waals surface area contributed by atoms with Crippen molar-refractivity contribution in [2.75, 3.05) is 18.0 Å². The van der Waals surface area contributed by atoms with E-state index >= 15 is 0 Å². The monoisotopic (exact) mass is 677 g/mol. The molecule has 3 aromatic carbocycles. The summed E-state index contributed by atoms with van der Waals surface area (Å²) in [5, 5.41) is 2.98. The summed E-state index contributed by atoms with van der Waals surface area (Å²) < 4.78 is 34.9. The molecule has 0 radical (unpaired) electrons. The molecule has 0 aliphatic rings. The molecule has 40 heavy (non-hydrogen) atoms. The van der Waals surface area contributed by atoms with Gasteiger partial charge in [0.1, 0.15) is 18.3 Å². The Morgan fingerprint density at radius 3 is 2.10 bits per heavy atom. The van der Waals surface area contributed by atoms with E-state index in [0.717, 1.165) is 19.9 Å². The molecule has 214 valence electrons. The fraction of sp³-hybridized carbons (Fsp3) is 0.333. The smallest absolute Gasteiger partial charge is 0.264 e. The number of anilines is 1.